The number of ether oxygens (including phenoxy) is 2. The van der Waals surface area contributed by atoms with Gasteiger partial charge in [0, 0.05) is 12.0 Å². The van der Waals surface area contributed by atoms with Gasteiger partial charge in [0.15, 0.2) is 5.78 Å². The molecule has 1 heterocycles. The number of aliphatic carboxylic acids is 1. The average molecular weight is 222 g/mol. The number of hydrogen-bond donors (Lipinski definition) is 1. The highest BCUT2D eigenvalue weighted by molar-refractivity contribution is 6.03. The smallest absolute Gasteiger partial charge is 0.352 e. The first-order valence-electron chi connectivity index (χ1n) is 4.71. The quantitative estimate of drug-likeness (QED) is 0.744. The summed E-state index contributed by atoms with van der Waals surface area (Å²) in [5.41, 5.74) is 0.654. The molecule has 84 valence electrons. The molecule has 0 saturated carbocycles. The van der Waals surface area contributed by atoms with Crippen molar-refractivity contribution in [3.05, 3.63) is 23.8 Å². The SMILES string of the molecule is COc1ccc2c(c1)CC(=O)C(C(=O)O)O2. The number of carbonyl (C=O) groups is 2. The van der Waals surface area contributed by atoms with Crippen LogP contribution < -0.4 is 9.47 Å². The summed E-state index contributed by atoms with van der Waals surface area (Å²) in [7, 11) is 1.52. The van der Waals surface area contributed by atoms with Gasteiger partial charge in [0.2, 0.25) is 0 Å². The van der Waals surface area contributed by atoms with Gasteiger partial charge >= 0.3 is 5.97 Å². The summed E-state index contributed by atoms with van der Waals surface area (Å²) in [6.45, 7) is 0. The molecular formula is C11H10O5. The Balaban J connectivity index is 2.35. The second-order valence-electron chi connectivity index (χ2n) is 3.45. The molecule has 0 amide bonds. The molecule has 1 aliphatic heterocycles. The largest absolute Gasteiger partial charge is 0.497 e. The van der Waals surface area contributed by atoms with Gasteiger partial charge in [0.05, 0.1) is 7.11 Å². The molecule has 0 saturated heterocycles. The zero-order chi connectivity index (χ0) is 11.7. The van der Waals surface area contributed by atoms with Gasteiger partial charge in [-0.1, -0.05) is 0 Å². The van der Waals surface area contributed by atoms with E-state index >= 15 is 0 Å². The molecule has 1 aliphatic rings. The predicted molar refractivity (Wildman–Crippen MR) is 53.8 cm³/mol. The van der Waals surface area contributed by atoms with E-state index in [1.165, 1.54) is 7.11 Å². The van der Waals surface area contributed by atoms with Crippen molar-refractivity contribution in [1.82, 2.24) is 0 Å². The number of fused-ring (bicyclic) bond motifs is 1. The lowest BCUT2D eigenvalue weighted by molar-refractivity contribution is -0.150. The standard InChI is InChI=1S/C11H10O5/c1-15-7-2-3-9-6(4-7)5-8(12)10(16-9)11(13)14/h2-4,10H,5H2,1H3,(H,13,14). The number of hydrogen-bond acceptors (Lipinski definition) is 4. The Labute approximate surface area is 91.6 Å². The lowest BCUT2D eigenvalue weighted by Gasteiger charge is -2.22. The summed E-state index contributed by atoms with van der Waals surface area (Å²) in [4.78, 5) is 22.2. The fourth-order valence-electron chi connectivity index (χ4n) is 1.60. The number of carboxylic acids is 1. The summed E-state index contributed by atoms with van der Waals surface area (Å²) in [5, 5.41) is 8.76. The second kappa shape index (κ2) is 3.84. The lowest BCUT2D eigenvalue weighted by atomic mass is 10.0. The van der Waals surface area contributed by atoms with E-state index in [2.05, 4.69) is 0 Å². The van der Waals surface area contributed by atoms with Crippen molar-refractivity contribution >= 4 is 11.8 Å². The summed E-state index contributed by atoms with van der Waals surface area (Å²) >= 11 is 0. The van der Waals surface area contributed by atoms with Gasteiger partial charge in [0.25, 0.3) is 6.10 Å². The fraction of sp³-hybridized carbons (Fsp3) is 0.273. The van der Waals surface area contributed by atoms with Crippen molar-refractivity contribution in [2.24, 2.45) is 0 Å². The van der Waals surface area contributed by atoms with Crippen LogP contribution in [0.25, 0.3) is 0 Å². The van der Waals surface area contributed by atoms with Gasteiger partial charge in [0.1, 0.15) is 11.5 Å². The minimum Gasteiger partial charge on any atom is -0.497 e. The molecule has 5 heteroatoms. The maximum absolute atomic E-state index is 11.5. The highest BCUT2D eigenvalue weighted by Crippen LogP contribution is 2.29. The Morgan fingerprint density at radius 1 is 1.56 bits per heavy atom. The molecule has 2 rings (SSSR count). The lowest BCUT2D eigenvalue weighted by Crippen LogP contribution is -2.39. The number of rotatable bonds is 2. The van der Waals surface area contributed by atoms with Crippen molar-refractivity contribution < 1.29 is 24.2 Å². The Hall–Kier alpha value is -2.04. The van der Waals surface area contributed by atoms with Crippen LogP contribution in [0.2, 0.25) is 0 Å². The van der Waals surface area contributed by atoms with Gasteiger partial charge in [-0.15, -0.1) is 0 Å². The molecule has 1 aromatic carbocycles. The maximum atomic E-state index is 11.5. The van der Waals surface area contributed by atoms with Crippen molar-refractivity contribution in [3.63, 3.8) is 0 Å². The van der Waals surface area contributed by atoms with Crippen LogP contribution in [0.15, 0.2) is 18.2 Å². The van der Waals surface area contributed by atoms with E-state index in [1.807, 2.05) is 0 Å². The molecule has 0 aromatic heterocycles. The van der Waals surface area contributed by atoms with Crippen LogP contribution in [-0.4, -0.2) is 30.1 Å². The molecule has 1 aromatic rings. The molecule has 1 unspecified atom stereocenters. The zero-order valence-corrected chi connectivity index (χ0v) is 8.60. The first kappa shape index (κ1) is 10.5. The minimum absolute atomic E-state index is 0.0590. The number of ketones is 1. The molecule has 16 heavy (non-hydrogen) atoms. The van der Waals surface area contributed by atoms with E-state index in [4.69, 9.17) is 14.6 Å². The molecule has 0 fully saturated rings. The summed E-state index contributed by atoms with van der Waals surface area (Å²) in [5.74, 6) is -0.670. The van der Waals surface area contributed by atoms with E-state index in [1.54, 1.807) is 18.2 Å². The van der Waals surface area contributed by atoms with E-state index in [-0.39, 0.29) is 6.42 Å². The maximum Gasteiger partial charge on any atom is 0.352 e. The highest BCUT2D eigenvalue weighted by atomic mass is 16.5. The van der Waals surface area contributed by atoms with Gasteiger partial charge < -0.3 is 14.6 Å². The number of carboxylic acid groups (broad SMARTS) is 1. The Morgan fingerprint density at radius 3 is 2.94 bits per heavy atom. The van der Waals surface area contributed by atoms with Crippen LogP contribution in [0, 0.1) is 0 Å². The van der Waals surface area contributed by atoms with Crippen molar-refractivity contribution in [1.29, 1.82) is 0 Å². The average Bonchev–Trinajstić information content (AvgIpc) is 2.27. The molecular weight excluding hydrogens is 212 g/mol. The van der Waals surface area contributed by atoms with Crippen LogP contribution in [0.5, 0.6) is 11.5 Å². The number of carbonyl (C=O) groups excluding carboxylic acids is 1. The number of benzene rings is 1. The van der Waals surface area contributed by atoms with Crippen molar-refractivity contribution in [2.45, 2.75) is 12.5 Å². The predicted octanol–water partition coefficient (Wildman–Crippen LogP) is 0.652. The van der Waals surface area contributed by atoms with Crippen LogP contribution >= 0.6 is 0 Å². The van der Waals surface area contributed by atoms with Crippen molar-refractivity contribution in [2.75, 3.05) is 7.11 Å². The molecule has 5 nitrogen and oxygen atoms in total. The van der Waals surface area contributed by atoms with Crippen LogP contribution in [0.1, 0.15) is 5.56 Å². The third-order valence-electron chi connectivity index (χ3n) is 2.39. The first-order valence-corrected chi connectivity index (χ1v) is 4.71. The molecule has 0 spiro atoms. The Kier molecular flexibility index (Phi) is 2.52. The molecule has 1 atom stereocenters. The topological polar surface area (TPSA) is 72.8 Å². The number of methoxy groups -OCH3 is 1. The molecule has 0 aliphatic carbocycles. The normalized spacial score (nSPS) is 18.6. The van der Waals surface area contributed by atoms with Gasteiger partial charge in [-0.05, 0) is 18.2 Å². The van der Waals surface area contributed by atoms with Gasteiger partial charge in [-0.2, -0.15) is 0 Å². The zero-order valence-electron chi connectivity index (χ0n) is 8.60. The van der Waals surface area contributed by atoms with E-state index < -0.39 is 17.9 Å². The highest BCUT2D eigenvalue weighted by Gasteiger charge is 2.33. The minimum atomic E-state index is -1.39. The Bertz CT molecular complexity index is 452. The molecule has 0 radical (unpaired) electrons. The third-order valence-corrected chi connectivity index (χ3v) is 2.39. The van der Waals surface area contributed by atoms with Gasteiger partial charge in [-0.3, -0.25) is 4.79 Å². The van der Waals surface area contributed by atoms with Crippen LogP contribution in [-0.2, 0) is 16.0 Å². The van der Waals surface area contributed by atoms with Gasteiger partial charge in [-0.25, -0.2) is 4.79 Å². The monoisotopic (exact) mass is 222 g/mol. The Morgan fingerprint density at radius 2 is 2.31 bits per heavy atom. The number of Topliss-reactive ketones (excluding diaryl/α,β-unsaturated/α-hetero) is 1. The fourth-order valence-corrected chi connectivity index (χ4v) is 1.60. The third kappa shape index (κ3) is 1.71. The summed E-state index contributed by atoms with van der Waals surface area (Å²) < 4.78 is 10.1. The first-order chi connectivity index (χ1) is 7.61. The van der Waals surface area contributed by atoms with Crippen LogP contribution in [0.3, 0.4) is 0 Å². The van der Waals surface area contributed by atoms with Crippen LogP contribution in [0.4, 0.5) is 0 Å². The summed E-state index contributed by atoms with van der Waals surface area (Å²) in [6, 6.07) is 4.94. The molecule has 0 bridgehead atoms. The summed E-state index contributed by atoms with van der Waals surface area (Å²) in [6.07, 6.45) is -1.33. The molecule has 1 N–H and O–H groups in total. The van der Waals surface area contributed by atoms with E-state index in [0.29, 0.717) is 17.1 Å². The second-order valence-corrected chi connectivity index (χ2v) is 3.45. The van der Waals surface area contributed by atoms with E-state index in [9.17, 15) is 9.59 Å². The van der Waals surface area contributed by atoms with E-state index in [0.717, 1.165) is 0 Å². The van der Waals surface area contributed by atoms with Crippen molar-refractivity contribution in [3.8, 4) is 11.5 Å².